The SMILES string of the molecule is CC1CCCCC1NCc1nnc2ccccn12. The van der Waals surface area contributed by atoms with Crippen molar-refractivity contribution in [1.29, 1.82) is 0 Å². The molecule has 2 aromatic rings. The predicted molar refractivity (Wildman–Crippen MR) is 71.2 cm³/mol. The Morgan fingerprint density at radius 1 is 1.28 bits per heavy atom. The smallest absolute Gasteiger partial charge is 0.160 e. The quantitative estimate of drug-likeness (QED) is 0.901. The van der Waals surface area contributed by atoms with Gasteiger partial charge in [-0.1, -0.05) is 25.8 Å². The molecule has 4 nitrogen and oxygen atoms in total. The molecule has 1 aliphatic carbocycles. The lowest BCUT2D eigenvalue weighted by Crippen LogP contribution is -2.37. The zero-order valence-electron chi connectivity index (χ0n) is 10.8. The summed E-state index contributed by atoms with van der Waals surface area (Å²) in [5.41, 5.74) is 0.922. The molecule has 2 aromatic heterocycles. The summed E-state index contributed by atoms with van der Waals surface area (Å²) in [6, 6.07) is 6.63. The highest BCUT2D eigenvalue weighted by Crippen LogP contribution is 2.23. The Morgan fingerprint density at radius 2 is 2.17 bits per heavy atom. The average Bonchev–Trinajstić information content (AvgIpc) is 2.81. The van der Waals surface area contributed by atoms with Crippen LogP contribution in [0.4, 0.5) is 0 Å². The van der Waals surface area contributed by atoms with Crippen LogP contribution < -0.4 is 5.32 Å². The topological polar surface area (TPSA) is 42.2 Å². The Bertz CT molecular complexity index is 519. The van der Waals surface area contributed by atoms with Crippen molar-refractivity contribution in [3.63, 3.8) is 0 Å². The fourth-order valence-corrected chi connectivity index (χ4v) is 2.85. The van der Waals surface area contributed by atoms with Gasteiger partial charge in [-0.05, 0) is 30.9 Å². The second-order valence-electron chi connectivity index (χ2n) is 5.29. The van der Waals surface area contributed by atoms with Gasteiger partial charge in [-0.15, -0.1) is 10.2 Å². The van der Waals surface area contributed by atoms with Crippen LogP contribution in [0, 0.1) is 5.92 Å². The summed E-state index contributed by atoms with van der Waals surface area (Å²) in [5.74, 6) is 1.78. The molecule has 0 spiro atoms. The first kappa shape index (κ1) is 11.7. The minimum absolute atomic E-state index is 0.634. The minimum Gasteiger partial charge on any atom is -0.307 e. The van der Waals surface area contributed by atoms with Crippen LogP contribution in [-0.2, 0) is 6.54 Å². The lowest BCUT2D eigenvalue weighted by atomic mass is 9.86. The molecule has 0 radical (unpaired) electrons. The molecule has 0 bridgehead atoms. The molecule has 18 heavy (non-hydrogen) atoms. The molecule has 1 aliphatic rings. The van der Waals surface area contributed by atoms with E-state index in [0.717, 1.165) is 23.9 Å². The normalized spacial score (nSPS) is 24.5. The van der Waals surface area contributed by atoms with Crippen molar-refractivity contribution < 1.29 is 0 Å². The van der Waals surface area contributed by atoms with E-state index in [-0.39, 0.29) is 0 Å². The predicted octanol–water partition coefficient (Wildman–Crippen LogP) is 2.40. The highest BCUT2D eigenvalue weighted by atomic mass is 15.3. The summed E-state index contributed by atoms with van der Waals surface area (Å²) >= 11 is 0. The largest absolute Gasteiger partial charge is 0.307 e. The van der Waals surface area contributed by atoms with Crippen molar-refractivity contribution >= 4 is 5.65 Å². The zero-order valence-corrected chi connectivity index (χ0v) is 10.8. The van der Waals surface area contributed by atoms with Gasteiger partial charge in [0.25, 0.3) is 0 Å². The first-order valence-electron chi connectivity index (χ1n) is 6.86. The highest BCUT2D eigenvalue weighted by molar-refractivity contribution is 5.36. The molecule has 0 aliphatic heterocycles. The number of nitrogens with zero attached hydrogens (tertiary/aromatic N) is 3. The minimum atomic E-state index is 0.634. The van der Waals surface area contributed by atoms with Gasteiger partial charge >= 0.3 is 0 Å². The van der Waals surface area contributed by atoms with Crippen LogP contribution in [0.5, 0.6) is 0 Å². The van der Waals surface area contributed by atoms with E-state index in [2.05, 4.69) is 26.8 Å². The van der Waals surface area contributed by atoms with E-state index in [1.807, 2.05) is 24.4 Å². The van der Waals surface area contributed by atoms with Crippen LogP contribution in [0.2, 0.25) is 0 Å². The van der Waals surface area contributed by atoms with Gasteiger partial charge in [0.2, 0.25) is 0 Å². The number of nitrogens with one attached hydrogen (secondary N) is 1. The Balaban J connectivity index is 1.69. The van der Waals surface area contributed by atoms with Crippen molar-refractivity contribution in [2.24, 2.45) is 5.92 Å². The number of pyridine rings is 1. The van der Waals surface area contributed by atoms with E-state index >= 15 is 0 Å². The third-order valence-electron chi connectivity index (χ3n) is 4.02. The lowest BCUT2D eigenvalue weighted by Gasteiger charge is -2.29. The lowest BCUT2D eigenvalue weighted by molar-refractivity contribution is 0.277. The van der Waals surface area contributed by atoms with Crippen molar-refractivity contribution in [2.75, 3.05) is 0 Å². The van der Waals surface area contributed by atoms with Crippen LogP contribution in [0.25, 0.3) is 5.65 Å². The van der Waals surface area contributed by atoms with Crippen LogP contribution in [0.1, 0.15) is 38.4 Å². The number of rotatable bonds is 3. The molecule has 4 heteroatoms. The maximum Gasteiger partial charge on any atom is 0.160 e. The van der Waals surface area contributed by atoms with Crippen LogP contribution in [-0.4, -0.2) is 20.6 Å². The summed E-state index contributed by atoms with van der Waals surface area (Å²) in [4.78, 5) is 0. The van der Waals surface area contributed by atoms with Crippen molar-refractivity contribution in [2.45, 2.75) is 45.2 Å². The van der Waals surface area contributed by atoms with Crippen molar-refractivity contribution in [1.82, 2.24) is 19.9 Å². The highest BCUT2D eigenvalue weighted by Gasteiger charge is 2.21. The number of hydrogen-bond donors (Lipinski definition) is 1. The fraction of sp³-hybridized carbons (Fsp3) is 0.571. The fourth-order valence-electron chi connectivity index (χ4n) is 2.85. The molecule has 96 valence electrons. The molecular weight excluding hydrogens is 224 g/mol. The molecule has 2 unspecified atom stereocenters. The summed E-state index contributed by atoms with van der Waals surface area (Å²) < 4.78 is 2.06. The van der Waals surface area contributed by atoms with Gasteiger partial charge in [0.15, 0.2) is 11.5 Å². The van der Waals surface area contributed by atoms with Crippen LogP contribution in [0.3, 0.4) is 0 Å². The van der Waals surface area contributed by atoms with Gasteiger partial charge in [-0.25, -0.2) is 0 Å². The number of hydrogen-bond acceptors (Lipinski definition) is 3. The Hall–Kier alpha value is -1.42. The molecule has 1 saturated carbocycles. The van der Waals surface area contributed by atoms with Gasteiger partial charge in [0.05, 0.1) is 6.54 Å². The maximum absolute atomic E-state index is 4.26. The molecule has 2 heterocycles. The second kappa shape index (κ2) is 5.06. The Morgan fingerprint density at radius 3 is 3.06 bits per heavy atom. The Labute approximate surface area is 107 Å². The molecule has 3 rings (SSSR count). The number of aromatic nitrogens is 3. The van der Waals surface area contributed by atoms with Crippen LogP contribution >= 0.6 is 0 Å². The van der Waals surface area contributed by atoms with Crippen molar-refractivity contribution in [3.05, 3.63) is 30.2 Å². The van der Waals surface area contributed by atoms with E-state index in [4.69, 9.17) is 0 Å². The van der Waals surface area contributed by atoms with Gasteiger partial charge < -0.3 is 5.32 Å². The molecular formula is C14H20N4. The second-order valence-corrected chi connectivity index (χ2v) is 5.29. The summed E-state index contributed by atoms with van der Waals surface area (Å²) in [7, 11) is 0. The monoisotopic (exact) mass is 244 g/mol. The first-order chi connectivity index (χ1) is 8.84. The van der Waals surface area contributed by atoms with E-state index in [9.17, 15) is 0 Å². The van der Waals surface area contributed by atoms with Gasteiger partial charge in [-0.3, -0.25) is 4.40 Å². The van der Waals surface area contributed by atoms with E-state index in [1.54, 1.807) is 0 Å². The maximum atomic E-state index is 4.26. The van der Waals surface area contributed by atoms with E-state index in [1.165, 1.54) is 25.7 Å². The van der Waals surface area contributed by atoms with Crippen molar-refractivity contribution in [3.8, 4) is 0 Å². The molecule has 0 amide bonds. The third kappa shape index (κ3) is 2.25. The van der Waals surface area contributed by atoms with E-state index in [0.29, 0.717) is 6.04 Å². The van der Waals surface area contributed by atoms with Gasteiger partial charge in [0.1, 0.15) is 0 Å². The van der Waals surface area contributed by atoms with Gasteiger partial charge in [-0.2, -0.15) is 0 Å². The van der Waals surface area contributed by atoms with E-state index < -0.39 is 0 Å². The third-order valence-corrected chi connectivity index (χ3v) is 4.02. The molecule has 1 fully saturated rings. The summed E-state index contributed by atoms with van der Waals surface area (Å²) in [6.07, 6.45) is 7.39. The van der Waals surface area contributed by atoms with Gasteiger partial charge in [0, 0.05) is 12.2 Å². The zero-order chi connectivity index (χ0) is 12.4. The van der Waals surface area contributed by atoms with Crippen LogP contribution in [0.15, 0.2) is 24.4 Å². The number of fused-ring (bicyclic) bond motifs is 1. The first-order valence-corrected chi connectivity index (χ1v) is 6.86. The average molecular weight is 244 g/mol. The molecule has 2 atom stereocenters. The Kier molecular flexibility index (Phi) is 3.28. The summed E-state index contributed by atoms with van der Waals surface area (Å²) in [6.45, 7) is 3.15. The molecule has 1 N–H and O–H groups in total. The standard InChI is InChI=1S/C14H20N4/c1-11-6-2-3-7-12(11)15-10-14-17-16-13-8-4-5-9-18(13)14/h4-5,8-9,11-12,15H,2-3,6-7,10H2,1H3. The molecule has 0 saturated heterocycles. The molecule has 0 aromatic carbocycles. The summed E-state index contributed by atoms with van der Waals surface area (Å²) in [5, 5.41) is 12.1.